The average Bonchev–Trinajstić information content (AvgIpc) is 2.89. The van der Waals surface area contributed by atoms with Gasteiger partial charge in [0.15, 0.2) is 0 Å². The zero-order chi connectivity index (χ0) is 25.2. The summed E-state index contributed by atoms with van der Waals surface area (Å²) >= 11 is 0. The van der Waals surface area contributed by atoms with Crippen LogP contribution in [-0.2, 0) is 16.0 Å². The number of carbonyl (C=O) groups is 1. The van der Waals surface area contributed by atoms with E-state index in [1.807, 2.05) is 48.5 Å². The van der Waals surface area contributed by atoms with Crippen molar-refractivity contribution in [3.63, 3.8) is 0 Å². The minimum atomic E-state index is -0.859. The fourth-order valence-corrected chi connectivity index (χ4v) is 4.42. The minimum Gasteiger partial charge on any atom is -1.00 e. The van der Waals surface area contributed by atoms with E-state index in [4.69, 9.17) is 14.6 Å². The average molecular weight is 541 g/mol. The number of ketones is 1. The number of hydrogen-bond donors (Lipinski definition) is 4. The van der Waals surface area contributed by atoms with Gasteiger partial charge in [-0.05, 0) is 73.9 Å². The Balaban J connectivity index is -0.000000263. The third-order valence-electron chi connectivity index (χ3n) is 6.63. The van der Waals surface area contributed by atoms with Crippen LogP contribution in [-0.4, -0.2) is 62.1 Å². The Morgan fingerprint density at radius 1 is 0.789 bits per heavy atom. The topological polar surface area (TPSA) is 116 Å². The molecule has 0 atom stereocenters. The molecular weight excluding hydrogens is 494 g/mol. The normalized spacial score (nSPS) is 21.0. The van der Waals surface area contributed by atoms with Crippen molar-refractivity contribution < 1.29 is 65.7 Å². The first-order valence-electron chi connectivity index (χ1n) is 11.7. The molecule has 0 saturated heterocycles. The van der Waals surface area contributed by atoms with Crippen molar-refractivity contribution in [3.8, 4) is 11.5 Å². The molecule has 2 aromatic carbocycles. The van der Waals surface area contributed by atoms with Crippen LogP contribution in [0, 0.1) is 0 Å². The Morgan fingerprint density at radius 2 is 1.16 bits per heavy atom. The molecule has 209 valence electrons. The first kappa shape index (κ1) is 41.1. The second-order valence-corrected chi connectivity index (χ2v) is 8.80. The standard InChI is InChI=1S/C13H18O3.C13H16O3.CH4O.2CH4.B.Na.H/c2*1-16-12-4-2-3-10(9-12)13(15)7-5-11(14)6-8-13;1-2;;;;;/h2-4,9,11,14-15H,5-8H2,1H3;2-4,9,15H,5-8H2,1H3;2H,1H3;2*1H4;;;/q;;;;;;+1;-1. The van der Waals surface area contributed by atoms with Crippen LogP contribution in [0.2, 0.25) is 0 Å². The smallest absolute Gasteiger partial charge is 1.00 e. The molecule has 0 heterocycles. The van der Waals surface area contributed by atoms with E-state index in [9.17, 15) is 20.1 Å². The summed E-state index contributed by atoms with van der Waals surface area (Å²) in [6, 6.07) is 15.0. The molecule has 38 heavy (non-hydrogen) atoms. The minimum absolute atomic E-state index is 0. The molecule has 0 unspecified atom stereocenters. The van der Waals surface area contributed by atoms with Crippen LogP contribution in [0.5, 0.6) is 11.5 Å². The van der Waals surface area contributed by atoms with E-state index in [-0.39, 0.29) is 66.1 Å². The third kappa shape index (κ3) is 11.4. The van der Waals surface area contributed by atoms with Crippen LogP contribution < -0.4 is 39.0 Å². The number of aliphatic hydroxyl groups excluding tert-OH is 2. The second kappa shape index (κ2) is 19.6. The van der Waals surface area contributed by atoms with Crippen molar-refractivity contribution in [2.24, 2.45) is 0 Å². The largest absolute Gasteiger partial charge is 1.00 e. The number of Topliss-reactive ketones (excluding diaryl/α,β-unsaturated/α-hetero) is 1. The molecule has 2 saturated carbocycles. The van der Waals surface area contributed by atoms with Crippen LogP contribution in [0.3, 0.4) is 0 Å². The van der Waals surface area contributed by atoms with Crippen molar-refractivity contribution in [2.75, 3.05) is 21.3 Å². The first-order chi connectivity index (χ1) is 16.3. The third-order valence-corrected chi connectivity index (χ3v) is 6.63. The van der Waals surface area contributed by atoms with Crippen molar-refractivity contribution in [2.45, 2.75) is 83.5 Å². The molecule has 0 spiro atoms. The maximum Gasteiger partial charge on any atom is 1.00 e. The summed E-state index contributed by atoms with van der Waals surface area (Å²) < 4.78 is 10.3. The number of benzene rings is 2. The monoisotopic (exact) mass is 541 g/mol. The van der Waals surface area contributed by atoms with Gasteiger partial charge in [0.2, 0.25) is 0 Å². The zero-order valence-electron chi connectivity index (χ0n) is 22.9. The molecule has 2 aromatic rings. The molecule has 3 radical (unpaired) electrons. The van der Waals surface area contributed by atoms with Gasteiger partial charge in [0, 0.05) is 28.4 Å². The van der Waals surface area contributed by atoms with Crippen molar-refractivity contribution in [1.82, 2.24) is 0 Å². The van der Waals surface area contributed by atoms with Crippen molar-refractivity contribution >= 4 is 14.2 Å². The van der Waals surface area contributed by atoms with E-state index in [1.165, 1.54) is 0 Å². The van der Waals surface area contributed by atoms with E-state index in [1.54, 1.807) is 14.2 Å². The molecule has 0 amide bonds. The quantitative estimate of drug-likeness (QED) is 0.433. The Morgan fingerprint density at radius 3 is 1.53 bits per heavy atom. The Labute approximate surface area is 254 Å². The van der Waals surface area contributed by atoms with Crippen LogP contribution in [0.1, 0.15) is 78.8 Å². The van der Waals surface area contributed by atoms with E-state index >= 15 is 0 Å². The Bertz CT molecular complexity index is 914. The van der Waals surface area contributed by atoms with Gasteiger partial charge in [0.05, 0.1) is 31.5 Å². The van der Waals surface area contributed by atoms with Gasteiger partial charge >= 0.3 is 29.6 Å². The number of methoxy groups -OCH3 is 2. The van der Waals surface area contributed by atoms with Gasteiger partial charge in [-0.25, -0.2) is 0 Å². The van der Waals surface area contributed by atoms with E-state index < -0.39 is 11.2 Å². The summed E-state index contributed by atoms with van der Waals surface area (Å²) in [6.07, 6.45) is 4.25. The molecule has 4 N–H and O–H groups in total. The molecule has 2 aliphatic carbocycles. The molecule has 2 fully saturated rings. The fourth-order valence-electron chi connectivity index (χ4n) is 4.42. The van der Waals surface area contributed by atoms with Crippen molar-refractivity contribution in [3.05, 3.63) is 59.7 Å². The molecule has 0 aromatic heterocycles. The van der Waals surface area contributed by atoms with Gasteiger partial charge in [-0.15, -0.1) is 0 Å². The Hall–Kier alpha value is -1.39. The van der Waals surface area contributed by atoms with Gasteiger partial charge in [0.25, 0.3) is 0 Å². The Kier molecular flexibility index (Phi) is 21.2. The molecule has 7 nitrogen and oxygen atoms in total. The van der Waals surface area contributed by atoms with Gasteiger partial charge in [-0.3, -0.25) is 4.79 Å². The van der Waals surface area contributed by atoms with Crippen LogP contribution in [0.25, 0.3) is 0 Å². The molecule has 9 heteroatoms. The summed E-state index contributed by atoms with van der Waals surface area (Å²) in [4.78, 5) is 11.2. The number of rotatable bonds is 4. The number of ether oxygens (including phenoxy) is 2. The second-order valence-electron chi connectivity index (χ2n) is 8.80. The SMILES string of the molecule is C.C.CO.COc1cccc(C2(O)CCC(=O)CC2)c1.COc1cccc(C2(O)CCC(O)CC2)c1.[B].[H-].[Na+]. The van der Waals surface area contributed by atoms with Crippen LogP contribution >= 0.6 is 0 Å². The first-order valence-corrected chi connectivity index (χ1v) is 11.7. The van der Waals surface area contributed by atoms with E-state index in [0.29, 0.717) is 51.4 Å². The summed E-state index contributed by atoms with van der Waals surface area (Å²) in [5, 5.41) is 37.4. The summed E-state index contributed by atoms with van der Waals surface area (Å²) in [5.41, 5.74) is 0.0778. The summed E-state index contributed by atoms with van der Waals surface area (Å²) in [6.45, 7) is 0. The predicted molar refractivity (Wildman–Crippen MR) is 150 cm³/mol. The van der Waals surface area contributed by atoms with E-state index in [0.717, 1.165) is 29.7 Å². The maximum absolute atomic E-state index is 11.2. The van der Waals surface area contributed by atoms with Gasteiger partial charge in [-0.1, -0.05) is 39.1 Å². The summed E-state index contributed by atoms with van der Waals surface area (Å²) in [7, 11) is 4.22. The zero-order valence-corrected chi connectivity index (χ0v) is 23.9. The maximum atomic E-state index is 11.2. The van der Waals surface area contributed by atoms with Gasteiger partial charge < -0.3 is 31.3 Å². The number of hydrogen-bond acceptors (Lipinski definition) is 7. The number of carbonyl (C=O) groups excluding carboxylic acids is 1. The molecule has 0 aliphatic heterocycles. The number of aliphatic hydroxyl groups is 4. The van der Waals surface area contributed by atoms with Crippen molar-refractivity contribution in [1.29, 1.82) is 0 Å². The van der Waals surface area contributed by atoms with Gasteiger partial charge in [-0.2, -0.15) is 0 Å². The van der Waals surface area contributed by atoms with Crippen LogP contribution in [0.15, 0.2) is 48.5 Å². The fraction of sp³-hybridized carbons (Fsp3) is 0.552. The summed E-state index contributed by atoms with van der Waals surface area (Å²) in [5.74, 6) is 1.74. The molecule has 0 bridgehead atoms. The molecule has 4 rings (SSSR count). The van der Waals surface area contributed by atoms with Gasteiger partial charge in [0.1, 0.15) is 17.3 Å². The molecule has 2 aliphatic rings. The van der Waals surface area contributed by atoms with E-state index in [2.05, 4.69) is 0 Å². The van der Waals surface area contributed by atoms with Crippen LogP contribution in [0.4, 0.5) is 0 Å². The molecular formula is C29H47BNaO7. The predicted octanol–water partition coefficient (Wildman–Crippen LogP) is 1.46.